The van der Waals surface area contributed by atoms with Crippen molar-refractivity contribution in [2.45, 2.75) is 46.3 Å². The summed E-state index contributed by atoms with van der Waals surface area (Å²) >= 11 is 0. The van der Waals surface area contributed by atoms with Crippen LogP contribution >= 0.6 is 0 Å². The average molecular weight is 506 g/mol. The number of ether oxygens (including phenoxy) is 2. The van der Waals surface area contributed by atoms with E-state index in [0.717, 1.165) is 12.2 Å². The van der Waals surface area contributed by atoms with Crippen LogP contribution in [0.5, 0.6) is 5.75 Å². The molecule has 0 fully saturated rings. The molecule has 0 spiro atoms. The van der Waals surface area contributed by atoms with Gasteiger partial charge in [-0.25, -0.2) is 0 Å². The normalized spacial score (nSPS) is 11.3. The lowest BCUT2D eigenvalue weighted by molar-refractivity contribution is -0.137. The maximum atomic E-state index is 13.7. The minimum Gasteiger partial charge on any atom is -0.497 e. The van der Waals surface area contributed by atoms with E-state index in [1.165, 1.54) is 11.1 Å². The van der Waals surface area contributed by atoms with E-state index in [9.17, 15) is 9.59 Å². The number of methoxy groups -OCH3 is 2. The molecule has 7 heteroatoms. The van der Waals surface area contributed by atoms with Gasteiger partial charge in [0.15, 0.2) is 0 Å². The summed E-state index contributed by atoms with van der Waals surface area (Å²) in [6.45, 7) is 9.92. The van der Waals surface area contributed by atoms with Crippen molar-refractivity contribution in [2.24, 2.45) is 0 Å². The quantitative estimate of drug-likeness (QED) is 0.377. The third-order valence-corrected chi connectivity index (χ3v) is 6.31. The third kappa shape index (κ3) is 7.70. The standard InChI is InChI=1S/C30H39N3O4/c1-23-9-7-10-24(19-23)20-31-16-8-11-26(31)21-33(30(2,3)4)28(34)22-32(17-18-36-5)29(35)25-12-14-27(37-6)15-13-25/h7-16,19H,17-18,20-22H2,1-6H3. The summed E-state index contributed by atoms with van der Waals surface area (Å²) in [7, 11) is 3.17. The fraction of sp³-hybridized carbons (Fsp3) is 0.400. The van der Waals surface area contributed by atoms with Crippen LogP contribution in [0.25, 0.3) is 0 Å². The van der Waals surface area contributed by atoms with Gasteiger partial charge >= 0.3 is 0 Å². The van der Waals surface area contributed by atoms with Gasteiger partial charge in [-0.15, -0.1) is 0 Å². The van der Waals surface area contributed by atoms with Gasteiger partial charge in [0.05, 0.1) is 20.3 Å². The average Bonchev–Trinajstić information content (AvgIpc) is 3.30. The minimum atomic E-state index is -0.439. The molecule has 0 radical (unpaired) electrons. The molecule has 0 saturated carbocycles. The Morgan fingerprint density at radius 3 is 2.32 bits per heavy atom. The Bertz CT molecular complexity index is 1180. The van der Waals surface area contributed by atoms with Crippen LogP contribution in [0.1, 0.15) is 48.0 Å². The summed E-state index contributed by atoms with van der Waals surface area (Å²) in [5, 5.41) is 0. The highest BCUT2D eigenvalue weighted by Crippen LogP contribution is 2.20. The molecule has 2 amide bonds. The number of amides is 2. The van der Waals surface area contributed by atoms with E-state index in [-0.39, 0.29) is 18.4 Å². The molecule has 7 nitrogen and oxygen atoms in total. The zero-order valence-corrected chi connectivity index (χ0v) is 22.9. The summed E-state index contributed by atoms with van der Waals surface area (Å²) in [5.74, 6) is 0.335. The molecule has 0 aliphatic heterocycles. The lowest BCUT2D eigenvalue weighted by atomic mass is 10.0. The smallest absolute Gasteiger partial charge is 0.254 e. The summed E-state index contributed by atoms with van der Waals surface area (Å²) in [6, 6.07) is 19.4. The zero-order chi connectivity index (χ0) is 27.0. The Balaban J connectivity index is 1.80. The molecule has 0 bridgehead atoms. The van der Waals surface area contributed by atoms with Gasteiger partial charge in [-0.3, -0.25) is 9.59 Å². The number of aromatic nitrogens is 1. The number of hydrogen-bond acceptors (Lipinski definition) is 4. The molecule has 0 N–H and O–H groups in total. The monoisotopic (exact) mass is 505 g/mol. The van der Waals surface area contributed by atoms with Gasteiger partial charge in [0, 0.05) is 43.2 Å². The van der Waals surface area contributed by atoms with Crippen molar-refractivity contribution >= 4 is 11.8 Å². The molecule has 3 aromatic rings. The molecule has 1 aromatic heterocycles. The first-order chi connectivity index (χ1) is 17.6. The Morgan fingerprint density at radius 1 is 0.973 bits per heavy atom. The number of rotatable bonds is 11. The van der Waals surface area contributed by atoms with Gasteiger partial charge < -0.3 is 23.8 Å². The molecular formula is C30H39N3O4. The lowest BCUT2D eigenvalue weighted by Crippen LogP contribution is -2.50. The molecule has 3 rings (SSSR count). The van der Waals surface area contributed by atoms with Crippen molar-refractivity contribution in [3.8, 4) is 5.75 Å². The second-order valence-corrected chi connectivity index (χ2v) is 10.2. The number of hydrogen-bond donors (Lipinski definition) is 0. The molecule has 0 aliphatic rings. The number of nitrogens with zero attached hydrogens (tertiary/aromatic N) is 3. The van der Waals surface area contributed by atoms with Crippen LogP contribution in [0.2, 0.25) is 0 Å². The van der Waals surface area contributed by atoms with Crippen LogP contribution < -0.4 is 4.74 Å². The van der Waals surface area contributed by atoms with E-state index in [1.54, 1.807) is 43.4 Å². The topological polar surface area (TPSA) is 64.0 Å². The minimum absolute atomic E-state index is 0.0376. The Morgan fingerprint density at radius 2 is 1.70 bits per heavy atom. The van der Waals surface area contributed by atoms with E-state index >= 15 is 0 Å². The van der Waals surface area contributed by atoms with Crippen molar-refractivity contribution in [1.29, 1.82) is 0 Å². The first-order valence-electron chi connectivity index (χ1n) is 12.5. The second kappa shape index (κ2) is 12.6. The van der Waals surface area contributed by atoms with Gasteiger partial charge in [-0.2, -0.15) is 0 Å². The Labute approximate surface area is 220 Å². The van der Waals surface area contributed by atoms with E-state index in [2.05, 4.69) is 35.8 Å². The summed E-state index contributed by atoms with van der Waals surface area (Å²) in [5.41, 5.74) is 3.53. The van der Waals surface area contributed by atoms with Crippen LogP contribution in [0.3, 0.4) is 0 Å². The van der Waals surface area contributed by atoms with E-state index in [4.69, 9.17) is 9.47 Å². The van der Waals surface area contributed by atoms with Crippen LogP contribution in [0.15, 0.2) is 66.9 Å². The lowest BCUT2D eigenvalue weighted by Gasteiger charge is -2.37. The van der Waals surface area contributed by atoms with E-state index in [0.29, 0.717) is 31.0 Å². The molecule has 198 valence electrons. The van der Waals surface area contributed by atoms with Gasteiger partial charge in [-0.05, 0) is 69.7 Å². The van der Waals surface area contributed by atoms with Crippen molar-refractivity contribution in [3.05, 3.63) is 89.2 Å². The van der Waals surface area contributed by atoms with Crippen LogP contribution in [0, 0.1) is 6.92 Å². The summed E-state index contributed by atoms with van der Waals surface area (Å²) in [4.78, 5) is 30.4. The molecule has 37 heavy (non-hydrogen) atoms. The maximum absolute atomic E-state index is 13.7. The molecule has 1 heterocycles. The number of carbonyl (C=O) groups is 2. The molecular weight excluding hydrogens is 466 g/mol. The highest BCUT2D eigenvalue weighted by atomic mass is 16.5. The molecule has 2 aromatic carbocycles. The predicted molar refractivity (Wildman–Crippen MR) is 146 cm³/mol. The van der Waals surface area contributed by atoms with E-state index < -0.39 is 5.54 Å². The van der Waals surface area contributed by atoms with Crippen molar-refractivity contribution in [2.75, 3.05) is 33.9 Å². The first kappa shape index (κ1) is 28.0. The molecule has 0 atom stereocenters. The highest BCUT2D eigenvalue weighted by Gasteiger charge is 2.30. The maximum Gasteiger partial charge on any atom is 0.254 e. The predicted octanol–water partition coefficient (Wildman–Crippen LogP) is 4.77. The Kier molecular flexibility index (Phi) is 9.53. The fourth-order valence-electron chi connectivity index (χ4n) is 4.23. The first-order valence-corrected chi connectivity index (χ1v) is 12.5. The number of benzene rings is 2. The molecule has 0 unspecified atom stereocenters. The van der Waals surface area contributed by atoms with Crippen molar-refractivity contribution in [1.82, 2.24) is 14.4 Å². The van der Waals surface area contributed by atoms with Crippen LogP contribution in [-0.4, -0.2) is 65.6 Å². The van der Waals surface area contributed by atoms with Gasteiger partial charge in [0.25, 0.3) is 5.91 Å². The largest absolute Gasteiger partial charge is 0.497 e. The third-order valence-electron chi connectivity index (χ3n) is 6.31. The van der Waals surface area contributed by atoms with Crippen molar-refractivity contribution in [3.63, 3.8) is 0 Å². The van der Waals surface area contributed by atoms with Gasteiger partial charge in [0.2, 0.25) is 5.91 Å². The fourth-order valence-corrected chi connectivity index (χ4v) is 4.23. The van der Waals surface area contributed by atoms with Crippen LogP contribution in [-0.2, 0) is 22.6 Å². The Hall–Kier alpha value is -3.58. The number of aryl methyl sites for hydroxylation is 1. The highest BCUT2D eigenvalue weighted by molar-refractivity contribution is 5.96. The molecule has 0 saturated heterocycles. The van der Waals surface area contributed by atoms with Gasteiger partial charge in [0.1, 0.15) is 12.3 Å². The SMILES string of the molecule is COCCN(CC(=O)N(Cc1cccn1Cc1cccc(C)c1)C(C)(C)C)C(=O)c1ccc(OC)cc1. The second-order valence-electron chi connectivity index (χ2n) is 10.2. The van der Waals surface area contributed by atoms with E-state index in [1.807, 2.05) is 44.0 Å². The number of carbonyl (C=O) groups excluding carboxylic acids is 2. The van der Waals surface area contributed by atoms with Crippen LogP contribution in [0.4, 0.5) is 0 Å². The van der Waals surface area contributed by atoms with Crippen molar-refractivity contribution < 1.29 is 19.1 Å². The summed E-state index contributed by atoms with van der Waals surface area (Å²) < 4.78 is 12.6. The zero-order valence-electron chi connectivity index (χ0n) is 22.9. The summed E-state index contributed by atoms with van der Waals surface area (Å²) in [6.07, 6.45) is 2.04. The van der Waals surface area contributed by atoms with Gasteiger partial charge in [-0.1, -0.05) is 29.8 Å². The molecule has 0 aliphatic carbocycles.